The molecule has 2 heterocycles. The molecule has 0 unspecified atom stereocenters. The highest BCUT2D eigenvalue weighted by Crippen LogP contribution is 2.12. The zero-order valence-electron chi connectivity index (χ0n) is 15.0. The number of likely N-dealkylation sites (tertiary alicyclic amines) is 1. The van der Waals surface area contributed by atoms with Crippen molar-refractivity contribution >= 4 is 5.96 Å². The van der Waals surface area contributed by atoms with Crippen LogP contribution in [0.25, 0.3) is 0 Å². The van der Waals surface area contributed by atoms with E-state index in [0.717, 1.165) is 25.6 Å². The van der Waals surface area contributed by atoms with E-state index in [-0.39, 0.29) is 0 Å². The van der Waals surface area contributed by atoms with Crippen molar-refractivity contribution in [2.45, 2.75) is 59.2 Å². The molecule has 6 heteroatoms. The van der Waals surface area contributed by atoms with Crippen molar-refractivity contribution < 1.29 is 0 Å². The Labute approximate surface area is 140 Å². The highest BCUT2D eigenvalue weighted by atomic mass is 15.3. The minimum absolute atomic E-state index is 0.523. The maximum Gasteiger partial charge on any atom is 0.191 e. The minimum Gasteiger partial charge on any atom is -0.357 e. The number of guanidine groups is 1. The smallest absolute Gasteiger partial charge is 0.191 e. The fourth-order valence-electron chi connectivity index (χ4n) is 2.93. The van der Waals surface area contributed by atoms with Crippen LogP contribution in [0.5, 0.6) is 0 Å². The van der Waals surface area contributed by atoms with Crippen molar-refractivity contribution in [1.82, 2.24) is 25.3 Å². The molecule has 0 saturated carbocycles. The van der Waals surface area contributed by atoms with Crippen molar-refractivity contribution in [3.8, 4) is 0 Å². The summed E-state index contributed by atoms with van der Waals surface area (Å²) < 4.78 is 1.95. The maximum absolute atomic E-state index is 4.69. The summed E-state index contributed by atoms with van der Waals surface area (Å²) in [5, 5.41) is 11.2. The molecule has 0 aliphatic carbocycles. The van der Waals surface area contributed by atoms with Crippen LogP contribution in [0.1, 0.15) is 39.2 Å². The molecule has 0 bridgehead atoms. The Kier molecular flexibility index (Phi) is 6.89. The van der Waals surface area contributed by atoms with E-state index in [1.54, 1.807) is 0 Å². The van der Waals surface area contributed by atoms with Crippen molar-refractivity contribution in [2.24, 2.45) is 4.99 Å². The van der Waals surface area contributed by atoms with E-state index in [9.17, 15) is 0 Å². The Morgan fingerprint density at radius 2 is 2.13 bits per heavy atom. The van der Waals surface area contributed by atoms with Gasteiger partial charge in [0.2, 0.25) is 0 Å². The van der Waals surface area contributed by atoms with Crippen LogP contribution in [0, 0.1) is 6.92 Å². The lowest BCUT2D eigenvalue weighted by atomic mass is 10.0. The summed E-state index contributed by atoms with van der Waals surface area (Å²) in [4.78, 5) is 7.23. The Hall–Kier alpha value is -1.56. The monoisotopic (exact) mass is 320 g/mol. The molecule has 0 aromatic carbocycles. The molecule has 1 aromatic heterocycles. The molecule has 0 spiro atoms. The fraction of sp³-hybridized carbons (Fsp3) is 0.765. The molecule has 0 radical (unpaired) electrons. The van der Waals surface area contributed by atoms with Crippen LogP contribution in [0.2, 0.25) is 0 Å². The first-order valence-corrected chi connectivity index (χ1v) is 8.86. The van der Waals surface area contributed by atoms with Gasteiger partial charge in [-0.1, -0.05) is 0 Å². The van der Waals surface area contributed by atoms with Crippen LogP contribution in [-0.4, -0.2) is 58.9 Å². The largest absolute Gasteiger partial charge is 0.357 e. The predicted molar refractivity (Wildman–Crippen MR) is 95.8 cm³/mol. The first kappa shape index (κ1) is 17.8. The molecule has 1 aromatic rings. The summed E-state index contributed by atoms with van der Waals surface area (Å²) >= 11 is 0. The van der Waals surface area contributed by atoms with Crippen LogP contribution in [0.15, 0.2) is 17.4 Å². The molecule has 2 N–H and O–H groups in total. The van der Waals surface area contributed by atoms with E-state index < -0.39 is 0 Å². The molecule has 23 heavy (non-hydrogen) atoms. The number of aliphatic imine (C=N–C) groups is 1. The SMILES string of the molecule is CCNC(=NCCn1cc(C)cn1)NC1CCN(C(C)C)CC1. The molecule has 130 valence electrons. The van der Waals surface area contributed by atoms with Crippen molar-refractivity contribution in [3.63, 3.8) is 0 Å². The van der Waals surface area contributed by atoms with Gasteiger partial charge in [-0.2, -0.15) is 5.10 Å². The Bertz CT molecular complexity index is 485. The molecule has 2 rings (SSSR count). The van der Waals surface area contributed by atoms with Crippen LogP contribution < -0.4 is 10.6 Å². The Balaban J connectivity index is 1.80. The van der Waals surface area contributed by atoms with Gasteiger partial charge in [-0.05, 0) is 46.1 Å². The molecule has 1 aliphatic rings. The second-order valence-electron chi connectivity index (χ2n) is 6.59. The molecule has 0 atom stereocenters. The van der Waals surface area contributed by atoms with Gasteiger partial charge in [-0.15, -0.1) is 0 Å². The first-order chi connectivity index (χ1) is 11.1. The zero-order chi connectivity index (χ0) is 16.7. The van der Waals surface area contributed by atoms with Gasteiger partial charge in [0.1, 0.15) is 0 Å². The van der Waals surface area contributed by atoms with Gasteiger partial charge in [-0.3, -0.25) is 9.67 Å². The first-order valence-electron chi connectivity index (χ1n) is 8.86. The third-order valence-electron chi connectivity index (χ3n) is 4.31. The summed E-state index contributed by atoms with van der Waals surface area (Å²) in [5.41, 5.74) is 1.19. The number of hydrogen-bond donors (Lipinski definition) is 2. The van der Waals surface area contributed by atoms with E-state index in [2.05, 4.69) is 59.5 Å². The third-order valence-corrected chi connectivity index (χ3v) is 4.31. The average molecular weight is 320 g/mol. The lowest BCUT2D eigenvalue weighted by Gasteiger charge is -2.35. The minimum atomic E-state index is 0.523. The number of piperidine rings is 1. The number of aryl methyl sites for hydroxylation is 1. The highest BCUT2D eigenvalue weighted by molar-refractivity contribution is 5.80. The highest BCUT2D eigenvalue weighted by Gasteiger charge is 2.21. The van der Waals surface area contributed by atoms with Gasteiger partial charge in [0, 0.05) is 37.9 Å². The van der Waals surface area contributed by atoms with Gasteiger partial charge in [0.05, 0.1) is 19.3 Å². The molecule has 1 saturated heterocycles. The van der Waals surface area contributed by atoms with Gasteiger partial charge < -0.3 is 15.5 Å². The van der Waals surface area contributed by atoms with Crippen molar-refractivity contribution in [3.05, 3.63) is 18.0 Å². The standard InChI is InChI=1S/C17H32N6/c1-5-18-17(19-8-11-23-13-15(4)12-20-23)21-16-6-9-22(10-7-16)14(2)3/h12-14,16H,5-11H2,1-4H3,(H2,18,19,21). The van der Waals surface area contributed by atoms with Crippen LogP contribution >= 0.6 is 0 Å². The average Bonchev–Trinajstić information content (AvgIpc) is 2.93. The number of nitrogens with one attached hydrogen (secondary N) is 2. The van der Waals surface area contributed by atoms with Crippen LogP contribution in [0.4, 0.5) is 0 Å². The van der Waals surface area contributed by atoms with Gasteiger partial charge in [0.25, 0.3) is 0 Å². The molecule has 6 nitrogen and oxygen atoms in total. The van der Waals surface area contributed by atoms with Gasteiger partial charge in [-0.25, -0.2) is 0 Å². The van der Waals surface area contributed by atoms with E-state index in [0.29, 0.717) is 12.1 Å². The fourth-order valence-corrected chi connectivity index (χ4v) is 2.93. The molecular formula is C17H32N6. The summed E-state index contributed by atoms with van der Waals surface area (Å²) in [6.07, 6.45) is 6.30. The molecule has 1 aliphatic heterocycles. The second-order valence-corrected chi connectivity index (χ2v) is 6.59. The second kappa shape index (κ2) is 8.91. The van der Waals surface area contributed by atoms with Crippen LogP contribution in [-0.2, 0) is 6.54 Å². The lowest BCUT2D eigenvalue weighted by Crippen LogP contribution is -2.49. The van der Waals surface area contributed by atoms with E-state index >= 15 is 0 Å². The molecular weight excluding hydrogens is 288 g/mol. The van der Waals surface area contributed by atoms with Gasteiger partial charge >= 0.3 is 0 Å². The maximum atomic E-state index is 4.69. The quantitative estimate of drug-likeness (QED) is 0.618. The summed E-state index contributed by atoms with van der Waals surface area (Å²) in [6.45, 7) is 13.5. The zero-order valence-corrected chi connectivity index (χ0v) is 15.0. The van der Waals surface area contributed by atoms with E-state index in [4.69, 9.17) is 0 Å². The molecule has 0 amide bonds. The summed E-state index contributed by atoms with van der Waals surface area (Å²) in [6, 6.07) is 1.17. The number of hydrogen-bond acceptors (Lipinski definition) is 3. The topological polar surface area (TPSA) is 57.5 Å². The summed E-state index contributed by atoms with van der Waals surface area (Å²) in [7, 11) is 0. The van der Waals surface area contributed by atoms with Gasteiger partial charge in [0.15, 0.2) is 5.96 Å². The number of aromatic nitrogens is 2. The van der Waals surface area contributed by atoms with E-state index in [1.807, 2.05) is 10.9 Å². The van der Waals surface area contributed by atoms with E-state index in [1.165, 1.54) is 31.5 Å². The normalized spacial score (nSPS) is 17.7. The number of rotatable bonds is 6. The molecule has 1 fully saturated rings. The lowest BCUT2D eigenvalue weighted by molar-refractivity contribution is 0.167. The summed E-state index contributed by atoms with van der Waals surface area (Å²) in [5.74, 6) is 0.930. The Morgan fingerprint density at radius 3 is 2.70 bits per heavy atom. The van der Waals surface area contributed by atoms with Crippen LogP contribution in [0.3, 0.4) is 0 Å². The number of nitrogens with zero attached hydrogens (tertiary/aromatic N) is 4. The van der Waals surface area contributed by atoms with Crippen molar-refractivity contribution in [2.75, 3.05) is 26.2 Å². The predicted octanol–water partition coefficient (Wildman–Crippen LogP) is 1.62. The Morgan fingerprint density at radius 1 is 1.39 bits per heavy atom. The third kappa shape index (κ3) is 5.86. The van der Waals surface area contributed by atoms with Crippen molar-refractivity contribution in [1.29, 1.82) is 0 Å².